The molecule has 2 aromatic rings. The molecule has 4 rings (SSSR count). The van der Waals surface area contributed by atoms with Crippen LogP contribution >= 0.6 is 0 Å². The number of aryl methyl sites for hydroxylation is 1. The molecular weight excluding hydrogens is 378 g/mol. The van der Waals surface area contributed by atoms with Crippen LogP contribution < -0.4 is 10.6 Å². The van der Waals surface area contributed by atoms with E-state index in [2.05, 4.69) is 34.9 Å². The number of ether oxygens (including phenoxy) is 2. The van der Waals surface area contributed by atoms with Crippen LogP contribution in [0.15, 0.2) is 52.1 Å². The average molecular weight is 412 g/mol. The number of hydrogen-bond donors (Lipinski definition) is 2. The third kappa shape index (κ3) is 5.43. The van der Waals surface area contributed by atoms with Gasteiger partial charge in [0, 0.05) is 52.2 Å². The number of hydrogen-bond acceptors (Lipinski definition) is 4. The van der Waals surface area contributed by atoms with Crippen LogP contribution in [0.25, 0.3) is 0 Å². The largest absolute Gasteiger partial charge is 0.469 e. The zero-order valence-electron chi connectivity index (χ0n) is 17.9. The van der Waals surface area contributed by atoms with Crippen molar-refractivity contribution in [2.45, 2.75) is 50.2 Å². The van der Waals surface area contributed by atoms with E-state index in [0.717, 1.165) is 70.0 Å². The Balaban J connectivity index is 1.41. The Labute approximate surface area is 179 Å². The summed E-state index contributed by atoms with van der Waals surface area (Å²) in [6.45, 7) is 2.87. The van der Waals surface area contributed by atoms with Crippen molar-refractivity contribution < 1.29 is 13.9 Å². The fourth-order valence-electron chi connectivity index (χ4n) is 4.32. The molecule has 1 aromatic heterocycles. The lowest BCUT2D eigenvalue weighted by molar-refractivity contribution is -0.0828. The molecule has 0 spiro atoms. The molecule has 1 unspecified atom stereocenters. The van der Waals surface area contributed by atoms with E-state index in [1.54, 1.807) is 13.4 Å². The summed E-state index contributed by atoms with van der Waals surface area (Å²) in [4.78, 5) is 4.94. The van der Waals surface area contributed by atoms with Crippen LogP contribution in [0.1, 0.15) is 36.1 Å². The van der Waals surface area contributed by atoms with Crippen molar-refractivity contribution >= 4 is 5.96 Å². The molecule has 2 aliphatic rings. The highest BCUT2D eigenvalue weighted by molar-refractivity contribution is 5.80. The van der Waals surface area contributed by atoms with Gasteiger partial charge in [0.1, 0.15) is 5.76 Å². The van der Waals surface area contributed by atoms with Gasteiger partial charge in [-0.15, -0.1) is 0 Å². The van der Waals surface area contributed by atoms with E-state index >= 15 is 0 Å². The highest BCUT2D eigenvalue weighted by atomic mass is 16.5. The first kappa shape index (κ1) is 20.9. The standard InChI is InChI=1S/C24H33N3O3/c1-28-24(11-15-29-16-12-24)18-26-23(25-13-10-22-7-4-14-30-22)27-21-9-8-19-5-2-3-6-20(19)17-21/h2-7,14,21H,8-13,15-18H2,1H3,(H2,25,26,27). The molecule has 6 nitrogen and oxygen atoms in total. The molecule has 2 N–H and O–H groups in total. The van der Waals surface area contributed by atoms with Crippen LogP contribution in [0.5, 0.6) is 0 Å². The average Bonchev–Trinajstić information content (AvgIpc) is 3.31. The normalized spacial score (nSPS) is 21.1. The number of nitrogens with one attached hydrogen (secondary N) is 2. The summed E-state index contributed by atoms with van der Waals surface area (Å²) < 4.78 is 16.9. The predicted molar refractivity (Wildman–Crippen MR) is 118 cm³/mol. The number of aliphatic imine (C=N–C) groups is 1. The molecular formula is C24H33N3O3. The minimum Gasteiger partial charge on any atom is -0.469 e. The smallest absolute Gasteiger partial charge is 0.191 e. The molecule has 162 valence electrons. The summed E-state index contributed by atoms with van der Waals surface area (Å²) >= 11 is 0. The molecule has 30 heavy (non-hydrogen) atoms. The summed E-state index contributed by atoms with van der Waals surface area (Å²) in [5.74, 6) is 1.83. The van der Waals surface area contributed by atoms with Gasteiger partial charge in [0.05, 0.1) is 18.4 Å². The molecule has 1 aliphatic carbocycles. The van der Waals surface area contributed by atoms with E-state index in [-0.39, 0.29) is 5.60 Å². The van der Waals surface area contributed by atoms with E-state index in [4.69, 9.17) is 18.9 Å². The molecule has 1 aliphatic heterocycles. The van der Waals surface area contributed by atoms with Crippen molar-refractivity contribution in [1.82, 2.24) is 10.6 Å². The number of guanidine groups is 1. The van der Waals surface area contributed by atoms with Crippen molar-refractivity contribution in [2.75, 3.05) is 33.4 Å². The maximum Gasteiger partial charge on any atom is 0.191 e. The van der Waals surface area contributed by atoms with Gasteiger partial charge in [0.2, 0.25) is 0 Å². The Bertz CT molecular complexity index is 813. The fraction of sp³-hybridized carbons (Fsp3) is 0.542. The van der Waals surface area contributed by atoms with Crippen molar-refractivity contribution in [3.63, 3.8) is 0 Å². The zero-order valence-corrected chi connectivity index (χ0v) is 17.9. The molecule has 1 aromatic carbocycles. The molecule has 2 heterocycles. The van der Waals surface area contributed by atoms with Crippen LogP contribution in [-0.2, 0) is 28.7 Å². The molecule has 1 atom stereocenters. The molecule has 6 heteroatoms. The van der Waals surface area contributed by atoms with Crippen LogP contribution in [0.2, 0.25) is 0 Å². The zero-order chi connectivity index (χ0) is 20.7. The second-order valence-electron chi connectivity index (χ2n) is 8.27. The Kier molecular flexibility index (Phi) is 7.07. The molecule has 0 radical (unpaired) electrons. The Hall–Kier alpha value is -2.31. The summed E-state index contributed by atoms with van der Waals surface area (Å²) in [6, 6.07) is 13.1. The van der Waals surface area contributed by atoms with E-state index in [1.807, 2.05) is 12.1 Å². The van der Waals surface area contributed by atoms with Crippen LogP contribution in [0.3, 0.4) is 0 Å². The second-order valence-corrected chi connectivity index (χ2v) is 8.27. The van der Waals surface area contributed by atoms with Gasteiger partial charge >= 0.3 is 0 Å². The highest BCUT2D eigenvalue weighted by Gasteiger charge is 2.32. The van der Waals surface area contributed by atoms with E-state index in [0.29, 0.717) is 12.6 Å². The Morgan fingerprint density at radius 1 is 1.17 bits per heavy atom. The topological polar surface area (TPSA) is 68.0 Å². The minimum absolute atomic E-state index is 0.229. The van der Waals surface area contributed by atoms with Gasteiger partial charge in [-0.2, -0.15) is 0 Å². The van der Waals surface area contributed by atoms with Gasteiger partial charge in [-0.3, -0.25) is 4.99 Å². The van der Waals surface area contributed by atoms with Crippen molar-refractivity contribution in [2.24, 2.45) is 4.99 Å². The van der Waals surface area contributed by atoms with Crippen LogP contribution in [0.4, 0.5) is 0 Å². The van der Waals surface area contributed by atoms with Gasteiger partial charge < -0.3 is 24.5 Å². The van der Waals surface area contributed by atoms with E-state index < -0.39 is 0 Å². The first-order valence-electron chi connectivity index (χ1n) is 11.0. The maximum absolute atomic E-state index is 5.87. The van der Waals surface area contributed by atoms with Crippen LogP contribution in [0, 0.1) is 0 Å². The van der Waals surface area contributed by atoms with Crippen molar-refractivity contribution in [1.29, 1.82) is 0 Å². The number of methoxy groups -OCH3 is 1. The SMILES string of the molecule is COC1(CN=C(NCCc2ccco2)NC2CCc3ccccc3C2)CCOCC1. The van der Waals surface area contributed by atoms with E-state index in [1.165, 1.54) is 11.1 Å². The van der Waals surface area contributed by atoms with E-state index in [9.17, 15) is 0 Å². The lowest BCUT2D eigenvalue weighted by Gasteiger charge is -2.35. The minimum atomic E-state index is -0.229. The third-order valence-corrected chi connectivity index (χ3v) is 6.29. The van der Waals surface area contributed by atoms with Gasteiger partial charge in [0.25, 0.3) is 0 Å². The first-order valence-corrected chi connectivity index (χ1v) is 11.0. The number of rotatable bonds is 7. The summed E-state index contributed by atoms with van der Waals surface area (Å²) in [5, 5.41) is 7.18. The van der Waals surface area contributed by atoms with Crippen molar-refractivity contribution in [3.05, 3.63) is 59.5 Å². The Morgan fingerprint density at radius 3 is 2.77 bits per heavy atom. The second kappa shape index (κ2) is 10.1. The molecule has 1 saturated heterocycles. The number of fused-ring (bicyclic) bond motifs is 1. The number of benzene rings is 1. The van der Waals surface area contributed by atoms with Gasteiger partial charge in [-0.05, 0) is 42.5 Å². The lowest BCUT2D eigenvalue weighted by atomic mass is 9.88. The monoisotopic (exact) mass is 411 g/mol. The summed E-state index contributed by atoms with van der Waals surface area (Å²) in [5.41, 5.74) is 2.68. The fourth-order valence-corrected chi connectivity index (χ4v) is 4.32. The number of nitrogens with zero attached hydrogens (tertiary/aromatic N) is 1. The predicted octanol–water partition coefficient (Wildman–Crippen LogP) is 3.11. The highest BCUT2D eigenvalue weighted by Crippen LogP contribution is 2.25. The first-order chi connectivity index (χ1) is 14.8. The molecule has 1 fully saturated rings. The van der Waals surface area contributed by atoms with Gasteiger partial charge in [0.15, 0.2) is 5.96 Å². The number of furan rings is 1. The lowest BCUT2D eigenvalue weighted by Crippen LogP contribution is -2.48. The quantitative estimate of drug-likeness (QED) is 0.541. The summed E-state index contributed by atoms with van der Waals surface area (Å²) in [6.07, 6.45) is 7.54. The van der Waals surface area contributed by atoms with Gasteiger partial charge in [-0.1, -0.05) is 24.3 Å². The van der Waals surface area contributed by atoms with Crippen molar-refractivity contribution in [3.8, 4) is 0 Å². The van der Waals surface area contributed by atoms with Gasteiger partial charge in [-0.25, -0.2) is 0 Å². The molecule has 0 saturated carbocycles. The third-order valence-electron chi connectivity index (χ3n) is 6.29. The molecule has 0 bridgehead atoms. The van der Waals surface area contributed by atoms with Crippen LogP contribution in [-0.4, -0.2) is 51.0 Å². The molecule has 0 amide bonds. The Morgan fingerprint density at radius 2 is 2.00 bits per heavy atom. The maximum atomic E-state index is 5.87. The summed E-state index contributed by atoms with van der Waals surface area (Å²) in [7, 11) is 1.79.